The molecule has 0 aromatic rings. The molecule has 1 atom stereocenters. The first-order valence-corrected chi connectivity index (χ1v) is 5.56. The Morgan fingerprint density at radius 1 is 1.40 bits per heavy atom. The fourth-order valence-corrected chi connectivity index (χ4v) is 1.70. The molecule has 0 aliphatic rings. The number of esters is 1. The van der Waals surface area contributed by atoms with E-state index in [1.165, 1.54) is 7.11 Å². The van der Waals surface area contributed by atoms with E-state index in [1.54, 1.807) is 0 Å². The summed E-state index contributed by atoms with van der Waals surface area (Å²) in [5.74, 6) is -0.145. The Labute approximate surface area is 92.4 Å². The summed E-state index contributed by atoms with van der Waals surface area (Å²) >= 11 is 0. The van der Waals surface area contributed by atoms with E-state index in [4.69, 9.17) is 10.00 Å². The molecule has 0 aliphatic heterocycles. The Morgan fingerprint density at radius 2 is 2.00 bits per heavy atom. The first-order valence-electron chi connectivity index (χ1n) is 5.56. The molecule has 0 amide bonds. The van der Waals surface area contributed by atoms with Gasteiger partial charge in [0.1, 0.15) is 0 Å². The smallest absolute Gasteiger partial charge is 0.311 e. The van der Waals surface area contributed by atoms with Crippen molar-refractivity contribution in [3.05, 3.63) is 0 Å². The molecule has 0 saturated carbocycles. The van der Waals surface area contributed by atoms with Crippen LogP contribution in [0.5, 0.6) is 0 Å². The SMILES string of the molecule is CCCCC(C)(CCCC#N)C(=O)OC. The second-order valence-corrected chi connectivity index (χ2v) is 4.17. The van der Waals surface area contributed by atoms with Crippen molar-refractivity contribution in [1.29, 1.82) is 5.26 Å². The summed E-state index contributed by atoms with van der Waals surface area (Å²) in [5.41, 5.74) is -0.401. The second kappa shape index (κ2) is 7.28. The van der Waals surface area contributed by atoms with Crippen molar-refractivity contribution in [2.45, 2.75) is 52.4 Å². The van der Waals surface area contributed by atoms with Crippen molar-refractivity contribution in [3.63, 3.8) is 0 Å². The van der Waals surface area contributed by atoms with Crippen LogP contribution in [-0.2, 0) is 9.53 Å². The van der Waals surface area contributed by atoms with Crippen molar-refractivity contribution >= 4 is 5.97 Å². The Hall–Kier alpha value is -1.04. The normalized spacial score (nSPS) is 14.0. The molecule has 15 heavy (non-hydrogen) atoms. The fraction of sp³-hybridized carbons (Fsp3) is 0.833. The van der Waals surface area contributed by atoms with E-state index in [-0.39, 0.29) is 5.97 Å². The molecule has 0 radical (unpaired) electrons. The number of nitrogens with zero attached hydrogens (tertiary/aromatic N) is 1. The minimum absolute atomic E-state index is 0.145. The minimum atomic E-state index is -0.401. The van der Waals surface area contributed by atoms with Crippen molar-refractivity contribution in [2.24, 2.45) is 5.41 Å². The summed E-state index contributed by atoms with van der Waals surface area (Å²) < 4.78 is 4.82. The monoisotopic (exact) mass is 211 g/mol. The van der Waals surface area contributed by atoms with Crippen molar-refractivity contribution in [1.82, 2.24) is 0 Å². The van der Waals surface area contributed by atoms with E-state index in [0.717, 1.165) is 32.1 Å². The van der Waals surface area contributed by atoms with Gasteiger partial charge in [0, 0.05) is 6.42 Å². The first-order chi connectivity index (χ1) is 7.10. The highest BCUT2D eigenvalue weighted by Gasteiger charge is 2.32. The molecule has 1 unspecified atom stereocenters. The molecule has 0 saturated heterocycles. The van der Waals surface area contributed by atoms with E-state index in [0.29, 0.717) is 6.42 Å². The lowest BCUT2D eigenvalue weighted by molar-refractivity contribution is -0.152. The quantitative estimate of drug-likeness (QED) is 0.480. The number of unbranched alkanes of at least 4 members (excludes halogenated alkanes) is 2. The Bertz CT molecular complexity index is 232. The number of hydrogen-bond acceptors (Lipinski definition) is 3. The maximum absolute atomic E-state index is 11.6. The summed E-state index contributed by atoms with van der Waals surface area (Å²) in [6.45, 7) is 4.04. The van der Waals surface area contributed by atoms with Crippen LogP contribution in [0.1, 0.15) is 52.4 Å². The van der Waals surface area contributed by atoms with Gasteiger partial charge >= 0.3 is 5.97 Å². The Morgan fingerprint density at radius 3 is 2.47 bits per heavy atom. The summed E-state index contributed by atoms with van der Waals surface area (Å²) in [6.07, 6.45) is 4.97. The average Bonchev–Trinajstić information content (AvgIpc) is 2.25. The van der Waals surface area contributed by atoms with E-state index in [2.05, 4.69) is 13.0 Å². The van der Waals surface area contributed by atoms with Crippen LogP contribution < -0.4 is 0 Å². The first kappa shape index (κ1) is 14.0. The van der Waals surface area contributed by atoms with Gasteiger partial charge in [0.15, 0.2) is 0 Å². The number of nitriles is 1. The predicted molar refractivity (Wildman–Crippen MR) is 59.1 cm³/mol. The highest BCUT2D eigenvalue weighted by atomic mass is 16.5. The fourth-order valence-electron chi connectivity index (χ4n) is 1.70. The molecule has 0 aromatic heterocycles. The summed E-state index contributed by atoms with van der Waals surface area (Å²) in [6, 6.07) is 2.10. The van der Waals surface area contributed by atoms with Crippen LogP contribution in [0.4, 0.5) is 0 Å². The number of carbonyl (C=O) groups is 1. The second-order valence-electron chi connectivity index (χ2n) is 4.17. The Kier molecular flexibility index (Phi) is 6.77. The molecule has 0 rings (SSSR count). The van der Waals surface area contributed by atoms with Gasteiger partial charge in [0.25, 0.3) is 0 Å². The van der Waals surface area contributed by atoms with Gasteiger partial charge in [0.2, 0.25) is 0 Å². The summed E-state index contributed by atoms with van der Waals surface area (Å²) in [4.78, 5) is 11.6. The Balaban J connectivity index is 4.27. The number of carbonyl (C=O) groups excluding carboxylic acids is 1. The molecule has 0 heterocycles. The highest BCUT2D eigenvalue weighted by molar-refractivity contribution is 5.76. The van der Waals surface area contributed by atoms with Crippen LogP contribution in [0.15, 0.2) is 0 Å². The number of ether oxygens (including phenoxy) is 1. The van der Waals surface area contributed by atoms with Gasteiger partial charge in [-0.05, 0) is 26.2 Å². The van der Waals surface area contributed by atoms with Crippen molar-refractivity contribution in [2.75, 3.05) is 7.11 Å². The third-order valence-corrected chi connectivity index (χ3v) is 2.78. The van der Waals surface area contributed by atoms with Crippen LogP contribution in [0.2, 0.25) is 0 Å². The standard InChI is InChI=1S/C12H21NO2/c1-4-5-8-12(2,11(14)15-3)9-6-7-10-13/h4-9H2,1-3H3. The van der Waals surface area contributed by atoms with E-state index < -0.39 is 5.41 Å². The zero-order valence-corrected chi connectivity index (χ0v) is 10.0. The minimum Gasteiger partial charge on any atom is -0.469 e. The van der Waals surface area contributed by atoms with Crippen LogP contribution >= 0.6 is 0 Å². The van der Waals surface area contributed by atoms with E-state index in [1.807, 2.05) is 6.92 Å². The highest BCUT2D eigenvalue weighted by Crippen LogP contribution is 2.31. The molecule has 0 bridgehead atoms. The molecule has 3 heteroatoms. The third-order valence-electron chi connectivity index (χ3n) is 2.78. The summed E-state index contributed by atoms with van der Waals surface area (Å²) in [5, 5.41) is 8.47. The lowest BCUT2D eigenvalue weighted by Gasteiger charge is -2.26. The van der Waals surface area contributed by atoms with Gasteiger partial charge in [-0.25, -0.2) is 0 Å². The van der Waals surface area contributed by atoms with Gasteiger partial charge in [0.05, 0.1) is 18.6 Å². The van der Waals surface area contributed by atoms with Gasteiger partial charge in [-0.1, -0.05) is 19.8 Å². The van der Waals surface area contributed by atoms with E-state index >= 15 is 0 Å². The number of rotatable bonds is 7. The van der Waals surface area contributed by atoms with Gasteiger partial charge < -0.3 is 4.74 Å². The average molecular weight is 211 g/mol. The zero-order valence-electron chi connectivity index (χ0n) is 10.0. The molecule has 0 N–H and O–H groups in total. The number of hydrogen-bond donors (Lipinski definition) is 0. The third kappa shape index (κ3) is 4.83. The van der Waals surface area contributed by atoms with Gasteiger partial charge in [-0.15, -0.1) is 0 Å². The maximum Gasteiger partial charge on any atom is 0.311 e. The maximum atomic E-state index is 11.6. The zero-order chi connectivity index (χ0) is 11.7. The topological polar surface area (TPSA) is 50.1 Å². The molecule has 0 spiro atoms. The lowest BCUT2D eigenvalue weighted by Crippen LogP contribution is -2.29. The number of methoxy groups -OCH3 is 1. The van der Waals surface area contributed by atoms with Crippen LogP contribution in [0, 0.1) is 16.7 Å². The molecule has 86 valence electrons. The molecular weight excluding hydrogens is 190 g/mol. The molecule has 0 aliphatic carbocycles. The summed E-state index contributed by atoms with van der Waals surface area (Å²) in [7, 11) is 1.43. The van der Waals surface area contributed by atoms with Crippen LogP contribution in [0.3, 0.4) is 0 Å². The molecule has 0 aromatic carbocycles. The predicted octanol–water partition coefficient (Wildman–Crippen LogP) is 3.05. The van der Waals surface area contributed by atoms with Crippen LogP contribution in [0.25, 0.3) is 0 Å². The lowest BCUT2D eigenvalue weighted by atomic mass is 9.80. The van der Waals surface area contributed by atoms with Crippen molar-refractivity contribution in [3.8, 4) is 6.07 Å². The van der Waals surface area contributed by atoms with Gasteiger partial charge in [-0.2, -0.15) is 5.26 Å². The van der Waals surface area contributed by atoms with Gasteiger partial charge in [-0.3, -0.25) is 4.79 Å². The van der Waals surface area contributed by atoms with Crippen molar-refractivity contribution < 1.29 is 9.53 Å². The van der Waals surface area contributed by atoms with Crippen LogP contribution in [-0.4, -0.2) is 13.1 Å². The largest absolute Gasteiger partial charge is 0.469 e. The molecule has 3 nitrogen and oxygen atoms in total. The molecule has 0 fully saturated rings. The van der Waals surface area contributed by atoms with E-state index in [9.17, 15) is 4.79 Å². The molecular formula is C12H21NO2.